The molecule has 1 N–H and O–H groups in total. The second kappa shape index (κ2) is 8.01. The molecule has 1 aromatic carbocycles. The molecule has 0 radical (unpaired) electrons. The molecule has 0 unspecified atom stereocenters. The largest absolute Gasteiger partial charge is 0.459 e. The molecule has 1 aliphatic heterocycles. The van der Waals surface area contributed by atoms with Crippen molar-refractivity contribution in [3.8, 4) is 0 Å². The summed E-state index contributed by atoms with van der Waals surface area (Å²) in [6.07, 6.45) is 7.20. The summed E-state index contributed by atoms with van der Waals surface area (Å²) < 4.78 is 5.12. The van der Waals surface area contributed by atoms with Gasteiger partial charge in [0, 0.05) is 24.3 Å². The van der Waals surface area contributed by atoms with Crippen molar-refractivity contribution in [1.29, 1.82) is 0 Å². The Balaban J connectivity index is 1.75. The predicted molar refractivity (Wildman–Crippen MR) is 96.8 cm³/mol. The first-order valence-corrected chi connectivity index (χ1v) is 8.90. The maximum atomic E-state index is 12.8. The number of amides is 2. The average molecular weight is 340 g/mol. The molecule has 0 aliphatic carbocycles. The lowest BCUT2D eigenvalue weighted by molar-refractivity contribution is 0.0742. The van der Waals surface area contributed by atoms with E-state index in [0.29, 0.717) is 11.3 Å². The first-order valence-electron chi connectivity index (χ1n) is 8.90. The number of benzene rings is 1. The lowest BCUT2D eigenvalue weighted by Crippen LogP contribution is -2.33. The van der Waals surface area contributed by atoms with Gasteiger partial charge in [0.25, 0.3) is 11.8 Å². The molecule has 0 atom stereocenters. The van der Waals surface area contributed by atoms with Crippen LogP contribution in [0.3, 0.4) is 0 Å². The second-order valence-electron chi connectivity index (χ2n) is 6.52. The molecule has 1 fully saturated rings. The highest BCUT2D eigenvalue weighted by molar-refractivity contribution is 6.03. The van der Waals surface area contributed by atoms with Crippen molar-refractivity contribution < 1.29 is 14.0 Å². The van der Waals surface area contributed by atoms with E-state index in [0.717, 1.165) is 31.5 Å². The molecule has 0 spiro atoms. The summed E-state index contributed by atoms with van der Waals surface area (Å²) in [5.41, 5.74) is 2.16. The monoisotopic (exact) mass is 340 g/mol. The highest BCUT2D eigenvalue weighted by Crippen LogP contribution is 2.20. The summed E-state index contributed by atoms with van der Waals surface area (Å²) in [5.74, 6) is -0.0285. The number of anilines is 1. The topological polar surface area (TPSA) is 62.6 Å². The fourth-order valence-electron chi connectivity index (χ4n) is 3.11. The van der Waals surface area contributed by atoms with Crippen molar-refractivity contribution in [2.45, 2.75) is 39.0 Å². The minimum atomic E-state index is -0.316. The van der Waals surface area contributed by atoms with Crippen molar-refractivity contribution >= 4 is 17.5 Å². The van der Waals surface area contributed by atoms with Gasteiger partial charge in [0.2, 0.25) is 0 Å². The molecule has 132 valence electrons. The molecule has 2 aromatic rings. The Morgan fingerprint density at radius 1 is 1.04 bits per heavy atom. The molecule has 25 heavy (non-hydrogen) atoms. The molecule has 2 heterocycles. The Morgan fingerprint density at radius 3 is 2.44 bits per heavy atom. The minimum Gasteiger partial charge on any atom is -0.459 e. The number of hydrogen-bond donors (Lipinski definition) is 1. The molecule has 0 bridgehead atoms. The number of carbonyl (C=O) groups excluding carboxylic acids is 2. The quantitative estimate of drug-likeness (QED) is 0.908. The smallest absolute Gasteiger partial charge is 0.291 e. The summed E-state index contributed by atoms with van der Waals surface area (Å²) in [6.45, 7) is 3.52. The van der Waals surface area contributed by atoms with Gasteiger partial charge in [0.05, 0.1) is 6.26 Å². The second-order valence-corrected chi connectivity index (χ2v) is 6.52. The zero-order valence-electron chi connectivity index (χ0n) is 14.6. The standard InChI is InChI=1S/C20H24N2O3/c1-15-9-10-16(20(24)22-11-5-3-2-4-6-12-22)14-17(15)21-19(23)18-8-7-13-25-18/h7-10,13-14H,2-6,11-12H2,1H3,(H,21,23). The van der Waals surface area contributed by atoms with E-state index in [2.05, 4.69) is 5.32 Å². The Morgan fingerprint density at radius 2 is 1.76 bits per heavy atom. The van der Waals surface area contributed by atoms with E-state index in [1.165, 1.54) is 25.5 Å². The molecule has 1 aliphatic rings. The van der Waals surface area contributed by atoms with Crippen LogP contribution in [0.4, 0.5) is 5.69 Å². The van der Waals surface area contributed by atoms with Crippen LogP contribution in [0.5, 0.6) is 0 Å². The van der Waals surface area contributed by atoms with Crippen LogP contribution in [0.2, 0.25) is 0 Å². The van der Waals surface area contributed by atoms with Gasteiger partial charge < -0.3 is 14.6 Å². The summed E-state index contributed by atoms with van der Waals surface area (Å²) in [4.78, 5) is 27.0. The number of nitrogens with one attached hydrogen (secondary N) is 1. The van der Waals surface area contributed by atoms with E-state index in [9.17, 15) is 9.59 Å². The van der Waals surface area contributed by atoms with Crippen LogP contribution in [-0.4, -0.2) is 29.8 Å². The van der Waals surface area contributed by atoms with Crippen molar-refractivity contribution in [3.63, 3.8) is 0 Å². The molecule has 1 saturated heterocycles. The van der Waals surface area contributed by atoms with Gasteiger partial charge in [-0.2, -0.15) is 0 Å². The van der Waals surface area contributed by atoms with Crippen molar-refractivity contribution in [2.24, 2.45) is 0 Å². The zero-order chi connectivity index (χ0) is 17.6. The Hall–Kier alpha value is -2.56. The van der Waals surface area contributed by atoms with Crippen molar-refractivity contribution in [3.05, 3.63) is 53.5 Å². The van der Waals surface area contributed by atoms with Crippen molar-refractivity contribution in [1.82, 2.24) is 4.90 Å². The lowest BCUT2D eigenvalue weighted by atomic mass is 10.1. The van der Waals surface area contributed by atoms with Crippen LogP contribution in [0.15, 0.2) is 41.0 Å². The fraction of sp³-hybridized carbons (Fsp3) is 0.400. The van der Waals surface area contributed by atoms with E-state index in [4.69, 9.17) is 4.42 Å². The van der Waals surface area contributed by atoms with E-state index in [1.54, 1.807) is 18.2 Å². The van der Waals surface area contributed by atoms with E-state index in [-0.39, 0.29) is 17.6 Å². The van der Waals surface area contributed by atoms with Crippen LogP contribution < -0.4 is 5.32 Å². The van der Waals surface area contributed by atoms with Crippen LogP contribution in [-0.2, 0) is 0 Å². The summed E-state index contributed by atoms with van der Waals surface area (Å²) in [6, 6.07) is 8.74. The summed E-state index contributed by atoms with van der Waals surface area (Å²) >= 11 is 0. The molecule has 2 amide bonds. The highest BCUT2D eigenvalue weighted by Gasteiger charge is 2.18. The third kappa shape index (κ3) is 4.29. The number of aryl methyl sites for hydroxylation is 1. The fourth-order valence-corrected chi connectivity index (χ4v) is 3.11. The molecule has 5 heteroatoms. The van der Waals surface area contributed by atoms with Crippen LogP contribution in [0.25, 0.3) is 0 Å². The Labute approximate surface area is 148 Å². The van der Waals surface area contributed by atoms with E-state index in [1.807, 2.05) is 24.0 Å². The van der Waals surface area contributed by atoms with Gasteiger partial charge in [-0.15, -0.1) is 0 Å². The van der Waals surface area contributed by atoms with Gasteiger partial charge in [0.1, 0.15) is 0 Å². The minimum absolute atomic E-state index is 0.0374. The summed E-state index contributed by atoms with van der Waals surface area (Å²) in [7, 11) is 0. The highest BCUT2D eigenvalue weighted by atomic mass is 16.3. The van der Waals surface area contributed by atoms with E-state index >= 15 is 0 Å². The lowest BCUT2D eigenvalue weighted by Gasteiger charge is -2.25. The van der Waals surface area contributed by atoms with Gasteiger partial charge in [-0.05, 0) is 49.6 Å². The third-order valence-corrected chi connectivity index (χ3v) is 4.62. The van der Waals surface area contributed by atoms with Crippen LogP contribution >= 0.6 is 0 Å². The number of hydrogen-bond acceptors (Lipinski definition) is 3. The van der Waals surface area contributed by atoms with Gasteiger partial charge in [-0.25, -0.2) is 0 Å². The molecule has 0 saturated carbocycles. The molecule has 1 aromatic heterocycles. The number of likely N-dealkylation sites (tertiary alicyclic amines) is 1. The number of carbonyl (C=O) groups is 2. The molecular weight excluding hydrogens is 316 g/mol. The Bertz CT molecular complexity index is 729. The number of rotatable bonds is 3. The number of nitrogens with zero attached hydrogens (tertiary/aromatic N) is 1. The van der Waals surface area contributed by atoms with Crippen LogP contribution in [0.1, 0.15) is 58.6 Å². The average Bonchev–Trinajstić information content (AvgIpc) is 3.11. The molecule has 3 rings (SSSR count). The Kier molecular flexibility index (Phi) is 5.53. The van der Waals surface area contributed by atoms with Gasteiger partial charge in [-0.1, -0.05) is 25.3 Å². The molecular formula is C20H24N2O3. The van der Waals surface area contributed by atoms with Gasteiger partial charge >= 0.3 is 0 Å². The normalized spacial score (nSPS) is 15.3. The predicted octanol–water partition coefficient (Wildman–Crippen LogP) is 4.25. The molecule has 5 nitrogen and oxygen atoms in total. The van der Waals surface area contributed by atoms with Gasteiger partial charge in [0.15, 0.2) is 5.76 Å². The van der Waals surface area contributed by atoms with Crippen LogP contribution in [0, 0.1) is 6.92 Å². The number of furan rings is 1. The van der Waals surface area contributed by atoms with E-state index < -0.39 is 0 Å². The van der Waals surface area contributed by atoms with Crippen molar-refractivity contribution in [2.75, 3.05) is 18.4 Å². The maximum absolute atomic E-state index is 12.8. The zero-order valence-corrected chi connectivity index (χ0v) is 14.6. The first-order chi connectivity index (χ1) is 12.1. The summed E-state index contributed by atoms with van der Waals surface area (Å²) in [5, 5.41) is 2.83. The third-order valence-electron chi connectivity index (χ3n) is 4.62. The SMILES string of the molecule is Cc1ccc(C(=O)N2CCCCCCC2)cc1NC(=O)c1ccco1. The first kappa shape index (κ1) is 17.3. The maximum Gasteiger partial charge on any atom is 0.291 e. The van der Waals surface area contributed by atoms with Gasteiger partial charge in [-0.3, -0.25) is 9.59 Å².